The summed E-state index contributed by atoms with van der Waals surface area (Å²) in [5.74, 6) is 0. The Bertz CT molecular complexity index is 4240. The lowest BCUT2D eigenvalue weighted by molar-refractivity contribution is 0.668. The number of hydrogen-bond acceptors (Lipinski definition) is 2. The van der Waals surface area contributed by atoms with Crippen molar-refractivity contribution in [2.45, 2.75) is 0 Å². The summed E-state index contributed by atoms with van der Waals surface area (Å²) in [6, 6.07) is 79.6. The Hall–Kier alpha value is -8.46. The van der Waals surface area contributed by atoms with Crippen LogP contribution in [0.5, 0.6) is 0 Å². The Morgan fingerprint density at radius 3 is 1.25 bits per heavy atom. The number of para-hydroxylation sites is 2. The molecular formula is C62H36O2. The summed E-state index contributed by atoms with van der Waals surface area (Å²) in [7, 11) is 0. The van der Waals surface area contributed by atoms with E-state index in [1.165, 1.54) is 87.2 Å². The minimum absolute atomic E-state index is 0.880. The zero-order chi connectivity index (χ0) is 41.9. The number of benzene rings is 12. The van der Waals surface area contributed by atoms with Gasteiger partial charge in [0.1, 0.15) is 22.3 Å². The molecule has 2 nitrogen and oxygen atoms in total. The number of hydrogen-bond donors (Lipinski definition) is 0. The Morgan fingerprint density at radius 2 is 0.641 bits per heavy atom. The fourth-order valence-corrected chi connectivity index (χ4v) is 10.9. The maximum absolute atomic E-state index is 6.58. The molecule has 0 saturated carbocycles. The van der Waals surface area contributed by atoms with Gasteiger partial charge >= 0.3 is 0 Å². The Kier molecular flexibility index (Phi) is 7.43. The van der Waals surface area contributed by atoms with Gasteiger partial charge in [0.05, 0.1) is 0 Å². The van der Waals surface area contributed by atoms with E-state index in [0.29, 0.717) is 0 Å². The predicted octanol–water partition coefficient (Wildman–Crippen LogP) is 17.9. The van der Waals surface area contributed by atoms with E-state index >= 15 is 0 Å². The standard InChI is InChI=1S/C62H36O2/c1-2-16-38(17-3-1)61-52-36-54-53(35-51(52)42-20-6-7-23-48(42)62(61)47-26-14-18-37-15-4-5-19-41(37)47)59(39-29-31-45-43-21-10-12-27-55(43)63-57(45)33-39)49-24-8-9-25-50(49)60(54)40-30-32-46-44-22-11-13-28-56(44)64-58(46)34-40/h1-36H. The maximum Gasteiger partial charge on any atom is 0.136 e. The summed E-state index contributed by atoms with van der Waals surface area (Å²) >= 11 is 0. The van der Waals surface area contributed by atoms with Crippen LogP contribution >= 0.6 is 0 Å². The second kappa shape index (κ2) is 13.5. The minimum atomic E-state index is 0.880. The Labute approximate surface area is 367 Å². The van der Waals surface area contributed by atoms with E-state index in [1.807, 2.05) is 12.1 Å². The van der Waals surface area contributed by atoms with Gasteiger partial charge in [-0.2, -0.15) is 0 Å². The maximum atomic E-state index is 6.58. The summed E-state index contributed by atoms with van der Waals surface area (Å²) in [5.41, 5.74) is 13.0. The van der Waals surface area contributed by atoms with Crippen LogP contribution in [0.1, 0.15) is 0 Å². The highest BCUT2D eigenvalue weighted by Gasteiger charge is 2.24. The summed E-state index contributed by atoms with van der Waals surface area (Å²) in [5, 5.41) is 16.6. The van der Waals surface area contributed by atoms with Crippen LogP contribution < -0.4 is 0 Å². The van der Waals surface area contributed by atoms with Crippen molar-refractivity contribution in [3.8, 4) is 44.5 Å². The van der Waals surface area contributed by atoms with Crippen molar-refractivity contribution in [1.29, 1.82) is 0 Å². The summed E-state index contributed by atoms with van der Waals surface area (Å²) in [6.45, 7) is 0. The average Bonchev–Trinajstić information content (AvgIpc) is 3.92. The van der Waals surface area contributed by atoms with Crippen molar-refractivity contribution >= 4 is 97.7 Å². The molecule has 0 aliphatic heterocycles. The van der Waals surface area contributed by atoms with Crippen LogP contribution in [0.4, 0.5) is 0 Å². The Balaban J connectivity index is 1.19. The molecule has 0 amide bonds. The molecular weight excluding hydrogens is 777 g/mol. The topological polar surface area (TPSA) is 26.3 Å². The van der Waals surface area contributed by atoms with Crippen LogP contribution in [0.3, 0.4) is 0 Å². The van der Waals surface area contributed by atoms with E-state index in [0.717, 1.165) is 55.0 Å². The van der Waals surface area contributed by atoms with Crippen molar-refractivity contribution in [2.24, 2.45) is 0 Å². The quantitative estimate of drug-likeness (QED) is 0.131. The zero-order valence-electron chi connectivity index (χ0n) is 34.6. The van der Waals surface area contributed by atoms with E-state index in [1.54, 1.807) is 0 Å². The first-order valence-corrected chi connectivity index (χ1v) is 22.0. The second-order valence-electron chi connectivity index (χ2n) is 17.0. The molecule has 0 saturated heterocycles. The fourth-order valence-electron chi connectivity index (χ4n) is 10.9. The largest absolute Gasteiger partial charge is 0.456 e. The van der Waals surface area contributed by atoms with Gasteiger partial charge in [-0.3, -0.25) is 0 Å². The first kappa shape index (κ1) is 35.2. The van der Waals surface area contributed by atoms with Crippen molar-refractivity contribution in [3.05, 3.63) is 218 Å². The monoisotopic (exact) mass is 812 g/mol. The van der Waals surface area contributed by atoms with Crippen LogP contribution in [0.2, 0.25) is 0 Å². The van der Waals surface area contributed by atoms with Crippen LogP contribution in [0, 0.1) is 0 Å². The molecule has 2 heterocycles. The highest BCUT2D eigenvalue weighted by Crippen LogP contribution is 2.51. The van der Waals surface area contributed by atoms with Crippen molar-refractivity contribution in [1.82, 2.24) is 0 Å². The molecule has 0 aliphatic carbocycles. The third-order valence-electron chi connectivity index (χ3n) is 13.6. The molecule has 0 radical (unpaired) electrons. The first-order chi connectivity index (χ1) is 31.7. The molecule has 296 valence electrons. The van der Waals surface area contributed by atoms with Gasteiger partial charge in [-0.25, -0.2) is 0 Å². The van der Waals surface area contributed by atoms with Crippen LogP contribution in [-0.2, 0) is 0 Å². The van der Waals surface area contributed by atoms with Crippen LogP contribution in [0.25, 0.3) is 142 Å². The van der Waals surface area contributed by atoms with Crippen molar-refractivity contribution in [2.75, 3.05) is 0 Å². The second-order valence-corrected chi connectivity index (χ2v) is 17.0. The van der Waals surface area contributed by atoms with Gasteiger partial charge in [0, 0.05) is 21.5 Å². The number of fused-ring (bicyclic) bond motifs is 12. The molecule has 0 bridgehead atoms. The van der Waals surface area contributed by atoms with Gasteiger partial charge in [-0.15, -0.1) is 0 Å². The zero-order valence-corrected chi connectivity index (χ0v) is 34.6. The molecule has 0 N–H and O–H groups in total. The Morgan fingerprint density at radius 1 is 0.203 bits per heavy atom. The summed E-state index contributed by atoms with van der Waals surface area (Å²) in [4.78, 5) is 0. The molecule has 0 atom stereocenters. The highest BCUT2D eigenvalue weighted by molar-refractivity contribution is 6.30. The smallest absolute Gasteiger partial charge is 0.136 e. The van der Waals surface area contributed by atoms with Crippen molar-refractivity contribution in [3.63, 3.8) is 0 Å². The summed E-state index contributed by atoms with van der Waals surface area (Å²) in [6.07, 6.45) is 0. The SMILES string of the molecule is c1ccc(-c2c(-c3cccc4ccccc34)c3ccccc3c3cc4c(-c5ccc6c(c5)oc5ccccc56)c5ccccc5c(-c5ccc6c(c5)oc5ccccc56)c4cc23)cc1. The molecule has 0 aliphatic rings. The predicted molar refractivity (Wildman–Crippen MR) is 270 cm³/mol. The lowest BCUT2D eigenvalue weighted by Crippen LogP contribution is -1.95. The van der Waals surface area contributed by atoms with Crippen molar-refractivity contribution < 1.29 is 8.83 Å². The normalized spacial score (nSPS) is 12.1. The fraction of sp³-hybridized carbons (Fsp3) is 0. The van der Waals surface area contributed by atoms with E-state index < -0.39 is 0 Å². The van der Waals surface area contributed by atoms with E-state index in [4.69, 9.17) is 8.83 Å². The van der Waals surface area contributed by atoms with Crippen LogP contribution in [0.15, 0.2) is 227 Å². The van der Waals surface area contributed by atoms with Gasteiger partial charge in [0.25, 0.3) is 0 Å². The lowest BCUT2D eigenvalue weighted by Gasteiger charge is -2.23. The minimum Gasteiger partial charge on any atom is -0.456 e. The van der Waals surface area contributed by atoms with Gasteiger partial charge in [0.2, 0.25) is 0 Å². The molecule has 0 fully saturated rings. The number of furan rings is 2. The summed E-state index contributed by atoms with van der Waals surface area (Å²) < 4.78 is 13.1. The van der Waals surface area contributed by atoms with Gasteiger partial charge < -0.3 is 8.83 Å². The number of rotatable bonds is 4. The highest BCUT2D eigenvalue weighted by atomic mass is 16.3. The molecule has 2 heteroatoms. The van der Waals surface area contributed by atoms with Gasteiger partial charge in [-0.05, 0) is 147 Å². The molecule has 12 aromatic carbocycles. The van der Waals surface area contributed by atoms with E-state index in [9.17, 15) is 0 Å². The van der Waals surface area contributed by atoms with Crippen LogP contribution in [-0.4, -0.2) is 0 Å². The molecule has 0 unspecified atom stereocenters. The molecule has 14 rings (SSSR count). The molecule has 14 aromatic rings. The first-order valence-electron chi connectivity index (χ1n) is 22.0. The molecule has 0 spiro atoms. The third kappa shape index (κ3) is 5.08. The third-order valence-corrected chi connectivity index (χ3v) is 13.6. The van der Waals surface area contributed by atoms with Gasteiger partial charge in [-0.1, -0.05) is 170 Å². The van der Waals surface area contributed by atoms with Gasteiger partial charge in [0.15, 0.2) is 0 Å². The average molecular weight is 813 g/mol. The lowest BCUT2D eigenvalue weighted by atomic mass is 9.80. The van der Waals surface area contributed by atoms with E-state index in [-0.39, 0.29) is 0 Å². The molecule has 64 heavy (non-hydrogen) atoms. The molecule has 2 aromatic heterocycles. The van der Waals surface area contributed by atoms with E-state index in [2.05, 4.69) is 206 Å².